The van der Waals surface area contributed by atoms with Gasteiger partial charge in [0.2, 0.25) is 5.95 Å². The molecular weight excluding hydrogens is 455 g/mol. The molecule has 5 rings (SSSR count). The van der Waals surface area contributed by atoms with E-state index in [4.69, 9.17) is 4.98 Å². The average molecular weight is 485 g/mol. The molecule has 0 aliphatic carbocycles. The normalized spacial score (nSPS) is 15.6. The van der Waals surface area contributed by atoms with Gasteiger partial charge in [-0.3, -0.25) is 9.48 Å². The summed E-state index contributed by atoms with van der Waals surface area (Å²) in [5.74, 6) is 0.272. The molecule has 1 aliphatic rings. The van der Waals surface area contributed by atoms with Crippen LogP contribution in [0.2, 0.25) is 0 Å². The Morgan fingerprint density at radius 2 is 1.86 bits per heavy atom. The highest BCUT2D eigenvalue weighted by atomic mass is 19.1. The zero-order valence-corrected chi connectivity index (χ0v) is 20.5. The quantitative estimate of drug-likeness (QED) is 0.387. The van der Waals surface area contributed by atoms with Gasteiger partial charge in [0.25, 0.3) is 5.91 Å². The maximum atomic E-state index is 13.7. The molecule has 8 heteroatoms. The highest BCUT2D eigenvalue weighted by molar-refractivity contribution is 5.94. The summed E-state index contributed by atoms with van der Waals surface area (Å²) in [6, 6.07) is 15.8. The van der Waals surface area contributed by atoms with E-state index < -0.39 is 0 Å². The molecule has 1 atom stereocenters. The number of anilines is 1. The molecule has 1 aliphatic heterocycles. The number of nitrogens with zero attached hydrogens (tertiary/aromatic N) is 6. The van der Waals surface area contributed by atoms with Crippen molar-refractivity contribution in [3.05, 3.63) is 95.8 Å². The minimum atomic E-state index is -0.295. The van der Waals surface area contributed by atoms with Gasteiger partial charge >= 0.3 is 0 Å². The SMILES string of the molecule is CN(C)c1ncc(-c2ccc(F)cc2)c(C2CCCCN2C(=O)c2ccc(Cn3cccn3)cc2)n1. The van der Waals surface area contributed by atoms with Crippen LogP contribution in [-0.2, 0) is 6.54 Å². The number of halogens is 1. The number of carbonyl (C=O) groups is 1. The molecule has 0 N–H and O–H groups in total. The summed E-state index contributed by atoms with van der Waals surface area (Å²) in [6.07, 6.45) is 8.20. The van der Waals surface area contributed by atoms with Crippen molar-refractivity contribution >= 4 is 11.9 Å². The van der Waals surface area contributed by atoms with E-state index >= 15 is 0 Å². The minimum Gasteiger partial charge on any atom is -0.347 e. The summed E-state index contributed by atoms with van der Waals surface area (Å²) in [6.45, 7) is 1.31. The zero-order valence-electron chi connectivity index (χ0n) is 20.5. The van der Waals surface area contributed by atoms with Crippen molar-refractivity contribution in [3.63, 3.8) is 0 Å². The van der Waals surface area contributed by atoms with Gasteiger partial charge in [0.05, 0.1) is 18.3 Å². The van der Waals surface area contributed by atoms with E-state index in [-0.39, 0.29) is 17.8 Å². The summed E-state index contributed by atoms with van der Waals surface area (Å²) in [5.41, 5.74) is 4.17. The van der Waals surface area contributed by atoms with Gasteiger partial charge in [0.1, 0.15) is 5.82 Å². The van der Waals surface area contributed by atoms with Gasteiger partial charge in [0.15, 0.2) is 0 Å². The Hall–Kier alpha value is -4.07. The fourth-order valence-electron chi connectivity index (χ4n) is 4.67. The number of carbonyl (C=O) groups excluding carboxylic acids is 1. The number of likely N-dealkylation sites (tertiary alicyclic amines) is 1. The van der Waals surface area contributed by atoms with Crippen molar-refractivity contribution in [1.82, 2.24) is 24.6 Å². The van der Waals surface area contributed by atoms with Crippen molar-refractivity contribution in [2.24, 2.45) is 0 Å². The Kier molecular flexibility index (Phi) is 6.75. The number of hydrogen-bond donors (Lipinski definition) is 0. The molecule has 0 spiro atoms. The van der Waals surface area contributed by atoms with E-state index in [9.17, 15) is 9.18 Å². The number of benzene rings is 2. The second-order valence-electron chi connectivity index (χ2n) is 9.28. The minimum absolute atomic E-state index is 0.0135. The van der Waals surface area contributed by atoms with Crippen LogP contribution < -0.4 is 4.90 Å². The standard InChI is InChI=1S/C28H29FN6O/c1-33(2)28-30-18-24(21-11-13-23(29)14-12-21)26(32-28)25-6-3-4-17-35(25)27(36)22-9-7-20(8-10-22)19-34-16-5-15-31-34/h5,7-16,18,25H,3-4,6,17,19H2,1-2H3. The van der Waals surface area contributed by atoms with Gasteiger partial charge in [-0.15, -0.1) is 0 Å². The van der Waals surface area contributed by atoms with Gasteiger partial charge in [-0.05, 0) is 60.7 Å². The molecule has 7 nitrogen and oxygen atoms in total. The van der Waals surface area contributed by atoms with Crippen molar-refractivity contribution in [3.8, 4) is 11.1 Å². The molecule has 2 aromatic heterocycles. The van der Waals surface area contributed by atoms with E-state index in [1.807, 2.05) is 65.1 Å². The molecule has 1 fully saturated rings. The van der Waals surface area contributed by atoms with Crippen LogP contribution in [0.1, 0.15) is 46.9 Å². The lowest BCUT2D eigenvalue weighted by Gasteiger charge is -2.36. The fourth-order valence-corrected chi connectivity index (χ4v) is 4.67. The van der Waals surface area contributed by atoms with Crippen LogP contribution in [0.4, 0.5) is 10.3 Å². The predicted octanol–water partition coefficient (Wildman–Crippen LogP) is 4.96. The van der Waals surface area contributed by atoms with Crippen molar-refractivity contribution in [2.45, 2.75) is 31.8 Å². The van der Waals surface area contributed by atoms with Crippen LogP contribution in [-0.4, -0.2) is 51.2 Å². The lowest BCUT2D eigenvalue weighted by molar-refractivity contribution is 0.0607. The first-order valence-electron chi connectivity index (χ1n) is 12.2. The molecule has 0 saturated carbocycles. The molecule has 0 radical (unpaired) electrons. The summed E-state index contributed by atoms with van der Waals surface area (Å²) < 4.78 is 15.5. The van der Waals surface area contributed by atoms with Gasteiger partial charge in [-0.25, -0.2) is 14.4 Å². The van der Waals surface area contributed by atoms with Crippen molar-refractivity contribution in [1.29, 1.82) is 0 Å². The molecule has 3 heterocycles. The van der Waals surface area contributed by atoms with Crippen molar-refractivity contribution < 1.29 is 9.18 Å². The van der Waals surface area contributed by atoms with Crippen LogP contribution in [0.3, 0.4) is 0 Å². The fraction of sp³-hybridized carbons (Fsp3) is 0.286. The number of amides is 1. The number of hydrogen-bond acceptors (Lipinski definition) is 5. The zero-order chi connectivity index (χ0) is 25.1. The van der Waals surface area contributed by atoms with E-state index in [2.05, 4.69) is 10.1 Å². The van der Waals surface area contributed by atoms with Crippen LogP contribution >= 0.6 is 0 Å². The summed E-state index contributed by atoms with van der Waals surface area (Å²) in [5, 5.41) is 4.25. The predicted molar refractivity (Wildman–Crippen MR) is 137 cm³/mol. The van der Waals surface area contributed by atoms with Gasteiger partial charge < -0.3 is 9.80 Å². The largest absolute Gasteiger partial charge is 0.347 e. The maximum absolute atomic E-state index is 13.7. The van der Waals surface area contributed by atoms with E-state index in [1.54, 1.807) is 24.5 Å². The van der Waals surface area contributed by atoms with E-state index in [0.29, 0.717) is 24.6 Å². The Bertz CT molecular complexity index is 1320. The lowest BCUT2D eigenvalue weighted by atomic mass is 9.93. The number of rotatable bonds is 6. The highest BCUT2D eigenvalue weighted by Crippen LogP contribution is 2.37. The third-order valence-corrected chi connectivity index (χ3v) is 6.54. The third-order valence-electron chi connectivity index (χ3n) is 6.54. The third kappa shape index (κ3) is 4.98. The second kappa shape index (κ2) is 10.3. The van der Waals surface area contributed by atoms with E-state index in [1.165, 1.54) is 12.1 Å². The first-order valence-corrected chi connectivity index (χ1v) is 12.2. The Labute approximate surface area is 210 Å². The van der Waals surface area contributed by atoms with Crippen molar-refractivity contribution in [2.75, 3.05) is 25.5 Å². The molecule has 4 aromatic rings. The van der Waals surface area contributed by atoms with Gasteiger partial charge in [0, 0.05) is 50.4 Å². The first kappa shape index (κ1) is 23.7. The summed E-state index contributed by atoms with van der Waals surface area (Å²) in [4.78, 5) is 26.9. The lowest BCUT2D eigenvalue weighted by Crippen LogP contribution is -2.39. The number of aromatic nitrogens is 4. The molecule has 0 bridgehead atoms. The molecule has 184 valence electrons. The molecule has 2 aromatic carbocycles. The van der Waals surface area contributed by atoms with Crippen LogP contribution in [0.25, 0.3) is 11.1 Å². The molecule has 36 heavy (non-hydrogen) atoms. The van der Waals surface area contributed by atoms with Crippen LogP contribution in [0.5, 0.6) is 0 Å². The molecule has 1 saturated heterocycles. The average Bonchev–Trinajstić information content (AvgIpc) is 3.42. The number of piperidine rings is 1. The smallest absolute Gasteiger partial charge is 0.254 e. The highest BCUT2D eigenvalue weighted by Gasteiger charge is 2.32. The molecule has 1 amide bonds. The topological polar surface area (TPSA) is 67.2 Å². The molecule has 1 unspecified atom stereocenters. The molecular formula is C28H29FN6O. The Balaban J connectivity index is 1.47. The summed E-state index contributed by atoms with van der Waals surface area (Å²) in [7, 11) is 3.79. The monoisotopic (exact) mass is 484 g/mol. The van der Waals surface area contributed by atoms with Crippen LogP contribution in [0.15, 0.2) is 73.2 Å². The van der Waals surface area contributed by atoms with Gasteiger partial charge in [-0.1, -0.05) is 24.3 Å². The van der Waals surface area contributed by atoms with Crippen LogP contribution in [0, 0.1) is 5.82 Å². The van der Waals surface area contributed by atoms with Gasteiger partial charge in [-0.2, -0.15) is 5.10 Å². The Morgan fingerprint density at radius 1 is 1.08 bits per heavy atom. The summed E-state index contributed by atoms with van der Waals surface area (Å²) >= 11 is 0. The maximum Gasteiger partial charge on any atom is 0.254 e. The first-order chi connectivity index (χ1) is 17.5. The second-order valence-corrected chi connectivity index (χ2v) is 9.28. The Morgan fingerprint density at radius 3 is 2.56 bits per heavy atom. The van der Waals surface area contributed by atoms with E-state index in [0.717, 1.165) is 41.6 Å².